The van der Waals surface area contributed by atoms with Crippen LogP contribution >= 0.6 is 23.2 Å². The molecule has 104 valence electrons. The Morgan fingerprint density at radius 2 is 2.05 bits per heavy atom. The van der Waals surface area contributed by atoms with E-state index in [9.17, 15) is 4.79 Å². The fourth-order valence-corrected chi connectivity index (χ4v) is 2.11. The van der Waals surface area contributed by atoms with Gasteiger partial charge in [0.2, 0.25) is 0 Å². The first-order valence-corrected chi connectivity index (χ1v) is 6.85. The highest BCUT2D eigenvalue weighted by molar-refractivity contribution is 6.31. The van der Waals surface area contributed by atoms with Gasteiger partial charge in [0.25, 0.3) is 5.91 Å². The highest BCUT2D eigenvalue weighted by atomic mass is 35.5. The van der Waals surface area contributed by atoms with Gasteiger partial charge in [-0.25, -0.2) is 0 Å². The lowest BCUT2D eigenvalue weighted by atomic mass is 10.1. The summed E-state index contributed by atoms with van der Waals surface area (Å²) in [5.41, 5.74) is 1.95. The number of halogens is 2. The number of amides is 1. The van der Waals surface area contributed by atoms with Gasteiger partial charge >= 0.3 is 0 Å². The number of alkyl halides is 1. The molecular weight excluding hydrogens is 297 g/mol. The van der Waals surface area contributed by atoms with E-state index in [1.54, 1.807) is 36.4 Å². The van der Waals surface area contributed by atoms with Gasteiger partial charge in [-0.3, -0.25) is 4.79 Å². The molecule has 0 aliphatic rings. The number of methoxy groups -OCH3 is 1. The van der Waals surface area contributed by atoms with Crippen molar-refractivity contribution in [3.8, 4) is 5.75 Å². The molecule has 0 aromatic heterocycles. The van der Waals surface area contributed by atoms with Crippen molar-refractivity contribution in [3.63, 3.8) is 0 Å². The van der Waals surface area contributed by atoms with E-state index >= 15 is 0 Å². The minimum Gasteiger partial charge on any atom is -0.495 e. The predicted octanol–water partition coefficient (Wildman–Crippen LogP) is 4.34. The van der Waals surface area contributed by atoms with Gasteiger partial charge in [0, 0.05) is 16.5 Å². The Morgan fingerprint density at radius 1 is 1.25 bits per heavy atom. The molecule has 1 N–H and O–H groups in total. The Hall–Kier alpha value is -1.71. The van der Waals surface area contributed by atoms with Crippen molar-refractivity contribution >= 4 is 34.8 Å². The third kappa shape index (κ3) is 3.44. The lowest BCUT2D eigenvalue weighted by Gasteiger charge is -2.11. The van der Waals surface area contributed by atoms with Gasteiger partial charge < -0.3 is 10.1 Å². The maximum absolute atomic E-state index is 12.2. The Morgan fingerprint density at radius 3 is 2.75 bits per heavy atom. The summed E-state index contributed by atoms with van der Waals surface area (Å²) >= 11 is 11.7. The second-order valence-electron chi connectivity index (χ2n) is 4.13. The van der Waals surface area contributed by atoms with Crippen LogP contribution in [0.4, 0.5) is 5.69 Å². The molecule has 0 bridgehead atoms. The first-order chi connectivity index (χ1) is 9.63. The van der Waals surface area contributed by atoms with E-state index in [2.05, 4.69) is 5.32 Å². The molecule has 3 nitrogen and oxygen atoms in total. The fourth-order valence-electron chi connectivity index (χ4n) is 1.77. The van der Waals surface area contributed by atoms with E-state index < -0.39 is 0 Å². The molecule has 0 saturated carbocycles. The summed E-state index contributed by atoms with van der Waals surface area (Å²) in [6, 6.07) is 12.2. The highest BCUT2D eigenvalue weighted by Crippen LogP contribution is 2.28. The number of carbonyl (C=O) groups is 1. The summed E-state index contributed by atoms with van der Waals surface area (Å²) < 4.78 is 5.19. The monoisotopic (exact) mass is 309 g/mol. The van der Waals surface area contributed by atoms with Crippen molar-refractivity contribution in [1.29, 1.82) is 0 Å². The van der Waals surface area contributed by atoms with Gasteiger partial charge in [-0.2, -0.15) is 0 Å². The number of benzene rings is 2. The minimum absolute atomic E-state index is 0.238. The van der Waals surface area contributed by atoms with Crippen LogP contribution in [0, 0.1) is 0 Å². The Labute approximate surface area is 127 Å². The van der Waals surface area contributed by atoms with E-state index in [1.165, 1.54) is 7.11 Å². The summed E-state index contributed by atoms with van der Waals surface area (Å²) in [4.78, 5) is 12.2. The fraction of sp³-hybridized carbons (Fsp3) is 0.133. The topological polar surface area (TPSA) is 38.3 Å². The van der Waals surface area contributed by atoms with Crippen LogP contribution < -0.4 is 10.1 Å². The third-order valence-electron chi connectivity index (χ3n) is 2.75. The largest absolute Gasteiger partial charge is 0.495 e. The molecule has 1 amide bonds. The molecule has 5 heteroatoms. The molecule has 0 aliphatic carbocycles. The maximum atomic E-state index is 12.2. The third-order valence-corrected chi connectivity index (χ3v) is 3.30. The van der Waals surface area contributed by atoms with Gasteiger partial charge in [-0.1, -0.05) is 23.7 Å². The molecule has 0 saturated heterocycles. The van der Waals surface area contributed by atoms with Crippen LogP contribution in [0.5, 0.6) is 5.75 Å². The normalized spacial score (nSPS) is 10.2. The Balaban J connectivity index is 2.25. The van der Waals surface area contributed by atoms with Gasteiger partial charge in [-0.15, -0.1) is 11.6 Å². The second kappa shape index (κ2) is 6.64. The molecule has 2 aromatic rings. The van der Waals surface area contributed by atoms with Gasteiger partial charge in [0.05, 0.1) is 12.8 Å². The van der Waals surface area contributed by atoms with Crippen molar-refractivity contribution < 1.29 is 9.53 Å². The summed E-state index contributed by atoms with van der Waals surface area (Å²) in [6.45, 7) is 0. The van der Waals surface area contributed by atoms with E-state index in [-0.39, 0.29) is 5.91 Å². The molecule has 0 fully saturated rings. The molecule has 0 heterocycles. The number of ether oxygens (including phenoxy) is 1. The molecule has 2 aromatic carbocycles. The van der Waals surface area contributed by atoms with Crippen LogP contribution in [0.15, 0.2) is 42.5 Å². The lowest BCUT2D eigenvalue weighted by Crippen LogP contribution is -2.12. The maximum Gasteiger partial charge on any atom is 0.255 e. The first-order valence-electron chi connectivity index (χ1n) is 5.94. The molecule has 20 heavy (non-hydrogen) atoms. The van der Waals surface area contributed by atoms with Crippen molar-refractivity contribution in [2.45, 2.75) is 5.88 Å². The zero-order chi connectivity index (χ0) is 14.5. The molecule has 0 atom stereocenters. The molecular formula is C15H13Cl2NO2. The van der Waals surface area contributed by atoms with Crippen LogP contribution in [-0.2, 0) is 5.88 Å². The second-order valence-corrected chi connectivity index (χ2v) is 4.84. The zero-order valence-corrected chi connectivity index (χ0v) is 12.3. The van der Waals surface area contributed by atoms with Crippen LogP contribution in [-0.4, -0.2) is 13.0 Å². The predicted molar refractivity (Wildman–Crippen MR) is 82.0 cm³/mol. The van der Waals surface area contributed by atoms with Gasteiger partial charge in [-0.05, 0) is 35.9 Å². The highest BCUT2D eigenvalue weighted by Gasteiger charge is 2.10. The molecule has 0 aliphatic heterocycles. The molecule has 0 spiro atoms. The summed E-state index contributed by atoms with van der Waals surface area (Å²) in [5, 5.41) is 3.30. The SMILES string of the molecule is COc1ccc(Cl)cc1NC(=O)c1cccc(CCl)c1. The quantitative estimate of drug-likeness (QED) is 0.853. The summed E-state index contributed by atoms with van der Waals surface area (Å²) in [5.74, 6) is 0.676. The van der Waals surface area contributed by atoms with Gasteiger partial charge in [0.1, 0.15) is 5.75 Å². The minimum atomic E-state index is -0.238. The molecule has 0 radical (unpaired) electrons. The number of hydrogen-bond donors (Lipinski definition) is 1. The number of nitrogens with one attached hydrogen (secondary N) is 1. The number of carbonyl (C=O) groups excluding carboxylic acids is 1. The average molecular weight is 310 g/mol. The standard InChI is InChI=1S/C15H13Cl2NO2/c1-20-14-6-5-12(17)8-13(14)18-15(19)11-4-2-3-10(7-11)9-16/h2-8H,9H2,1H3,(H,18,19). The lowest BCUT2D eigenvalue weighted by molar-refractivity contribution is 0.102. The van der Waals surface area contributed by atoms with Crippen LogP contribution in [0.3, 0.4) is 0 Å². The van der Waals surface area contributed by atoms with E-state index in [0.717, 1.165) is 5.56 Å². The van der Waals surface area contributed by atoms with Crippen molar-refractivity contribution in [2.75, 3.05) is 12.4 Å². The van der Waals surface area contributed by atoms with Crippen molar-refractivity contribution in [3.05, 3.63) is 58.6 Å². The van der Waals surface area contributed by atoms with Crippen LogP contribution in [0.1, 0.15) is 15.9 Å². The summed E-state index contributed by atoms with van der Waals surface area (Å²) in [6.07, 6.45) is 0. The van der Waals surface area contributed by atoms with E-state index in [4.69, 9.17) is 27.9 Å². The number of rotatable bonds is 4. The number of hydrogen-bond acceptors (Lipinski definition) is 2. The first kappa shape index (κ1) is 14.7. The molecule has 2 rings (SSSR count). The van der Waals surface area contributed by atoms with Crippen LogP contribution in [0.2, 0.25) is 5.02 Å². The smallest absolute Gasteiger partial charge is 0.255 e. The average Bonchev–Trinajstić information content (AvgIpc) is 2.47. The van der Waals surface area contributed by atoms with E-state index in [1.807, 2.05) is 6.07 Å². The molecule has 0 unspecified atom stereocenters. The van der Waals surface area contributed by atoms with Crippen molar-refractivity contribution in [1.82, 2.24) is 0 Å². The summed E-state index contributed by atoms with van der Waals surface area (Å²) in [7, 11) is 1.53. The Kier molecular flexibility index (Phi) is 4.88. The van der Waals surface area contributed by atoms with Crippen molar-refractivity contribution in [2.24, 2.45) is 0 Å². The van der Waals surface area contributed by atoms with E-state index in [0.29, 0.717) is 27.9 Å². The zero-order valence-electron chi connectivity index (χ0n) is 10.8. The van der Waals surface area contributed by atoms with Crippen LogP contribution in [0.25, 0.3) is 0 Å². The van der Waals surface area contributed by atoms with Gasteiger partial charge in [0.15, 0.2) is 0 Å². The number of anilines is 1. The Bertz CT molecular complexity index is 629.